The number of hydrogen-bond donors (Lipinski definition) is 2. The minimum atomic E-state index is -0.516. The van der Waals surface area contributed by atoms with Gasteiger partial charge in [-0.1, -0.05) is 0 Å². The van der Waals surface area contributed by atoms with Gasteiger partial charge in [0.2, 0.25) is 5.88 Å². The van der Waals surface area contributed by atoms with E-state index < -0.39 is 4.92 Å². The van der Waals surface area contributed by atoms with Gasteiger partial charge in [0.05, 0.1) is 23.4 Å². The average Bonchev–Trinajstić information content (AvgIpc) is 2.41. The van der Waals surface area contributed by atoms with Crippen LogP contribution >= 0.6 is 0 Å². The third kappa shape index (κ3) is 3.14. The van der Waals surface area contributed by atoms with Crippen LogP contribution in [0.15, 0.2) is 36.5 Å². The van der Waals surface area contributed by atoms with Crippen LogP contribution in [0.1, 0.15) is 6.92 Å². The lowest BCUT2D eigenvalue weighted by Gasteiger charge is -2.08. The minimum Gasteiger partial charge on any atom is -0.478 e. The Kier molecular flexibility index (Phi) is 3.99. The fourth-order valence-electron chi connectivity index (χ4n) is 1.65. The van der Waals surface area contributed by atoms with E-state index in [1.807, 2.05) is 6.92 Å². The summed E-state index contributed by atoms with van der Waals surface area (Å²) in [7, 11) is 0. The summed E-state index contributed by atoms with van der Waals surface area (Å²) in [6.45, 7) is 2.44. The van der Waals surface area contributed by atoms with Crippen molar-refractivity contribution in [3.8, 4) is 5.88 Å². The van der Waals surface area contributed by atoms with E-state index in [2.05, 4.69) is 10.3 Å². The minimum absolute atomic E-state index is 0.110. The zero-order valence-electron chi connectivity index (χ0n) is 10.9. The van der Waals surface area contributed by atoms with Gasteiger partial charge in [0.25, 0.3) is 5.69 Å². The topological polar surface area (TPSA) is 103 Å². The van der Waals surface area contributed by atoms with Crippen LogP contribution in [0.25, 0.3) is 0 Å². The largest absolute Gasteiger partial charge is 0.478 e. The molecule has 0 amide bonds. The van der Waals surface area contributed by atoms with Crippen molar-refractivity contribution in [1.82, 2.24) is 4.98 Å². The zero-order chi connectivity index (χ0) is 14.5. The predicted octanol–water partition coefficient (Wildman–Crippen LogP) is 2.71. The van der Waals surface area contributed by atoms with Gasteiger partial charge in [-0.25, -0.2) is 4.98 Å². The molecule has 0 aliphatic rings. The highest BCUT2D eigenvalue weighted by Gasteiger charge is 2.11. The highest BCUT2D eigenvalue weighted by molar-refractivity contribution is 5.69. The Bertz CT molecular complexity index is 614. The molecule has 0 spiro atoms. The lowest BCUT2D eigenvalue weighted by atomic mass is 10.2. The van der Waals surface area contributed by atoms with Crippen molar-refractivity contribution in [2.45, 2.75) is 6.92 Å². The van der Waals surface area contributed by atoms with E-state index in [4.69, 9.17) is 10.5 Å². The van der Waals surface area contributed by atoms with Crippen LogP contribution in [-0.2, 0) is 0 Å². The van der Waals surface area contributed by atoms with Crippen LogP contribution in [0.3, 0.4) is 0 Å². The normalized spacial score (nSPS) is 10.1. The van der Waals surface area contributed by atoms with E-state index in [1.54, 1.807) is 24.4 Å². The van der Waals surface area contributed by atoms with Gasteiger partial charge in [0.15, 0.2) is 0 Å². The molecule has 2 rings (SSSR count). The molecule has 0 radical (unpaired) electrons. The first kappa shape index (κ1) is 13.6. The van der Waals surface area contributed by atoms with Crippen LogP contribution in [0.5, 0.6) is 5.88 Å². The van der Waals surface area contributed by atoms with E-state index in [9.17, 15) is 10.1 Å². The Labute approximate surface area is 115 Å². The fraction of sp³-hybridized carbons (Fsp3) is 0.154. The summed E-state index contributed by atoms with van der Waals surface area (Å²) in [5.41, 5.74) is 7.01. The molecule has 3 N–H and O–H groups in total. The second-order valence-electron chi connectivity index (χ2n) is 3.97. The maximum absolute atomic E-state index is 10.7. The van der Waals surface area contributed by atoms with Crippen molar-refractivity contribution < 1.29 is 9.66 Å². The summed E-state index contributed by atoms with van der Waals surface area (Å²) < 4.78 is 5.24. The first-order chi connectivity index (χ1) is 9.60. The number of hydrogen-bond acceptors (Lipinski definition) is 6. The number of nitro groups is 1. The fourth-order valence-corrected chi connectivity index (χ4v) is 1.65. The molecule has 0 atom stereocenters. The van der Waals surface area contributed by atoms with Crippen LogP contribution in [0.4, 0.5) is 22.7 Å². The third-order valence-electron chi connectivity index (χ3n) is 2.54. The molecule has 1 heterocycles. The van der Waals surface area contributed by atoms with Gasteiger partial charge in [-0.15, -0.1) is 0 Å². The third-order valence-corrected chi connectivity index (χ3v) is 2.54. The van der Waals surface area contributed by atoms with Gasteiger partial charge in [-0.2, -0.15) is 0 Å². The number of benzene rings is 1. The molecule has 0 unspecified atom stereocenters. The van der Waals surface area contributed by atoms with Gasteiger partial charge < -0.3 is 15.8 Å². The number of rotatable bonds is 5. The van der Waals surface area contributed by atoms with Crippen LogP contribution in [0.2, 0.25) is 0 Å². The van der Waals surface area contributed by atoms with Crippen LogP contribution in [-0.4, -0.2) is 16.5 Å². The van der Waals surface area contributed by atoms with Crippen molar-refractivity contribution in [1.29, 1.82) is 0 Å². The van der Waals surface area contributed by atoms with Crippen molar-refractivity contribution in [3.05, 3.63) is 46.6 Å². The summed E-state index contributed by atoms with van der Waals surface area (Å²) >= 11 is 0. The van der Waals surface area contributed by atoms with E-state index in [-0.39, 0.29) is 11.4 Å². The zero-order valence-corrected chi connectivity index (χ0v) is 10.9. The second kappa shape index (κ2) is 5.87. The molecule has 1 aromatic carbocycles. The van der Waals surface area contributed by atoms with Crippen LogP contribution < -0.4 is 15.8 Å². The standard InChI is InChI=1S/C13H14N4O3/c1-2-20-13-6-4-10(8-15-13)16-9-3-5-12(17(18)19)11(14)7-9/h3-8,16H,2,14H2,1H3. The molecule has 0 aliphatic heterocycles. The predicted molar refractivity (Wildman–Crippen MR) is 76.2 cm³/mol. The van der Waals surface area contributed by atoms with Gasteiger partial charge in [0.1, 0.15) is 5.69 Å². The highest BCUT2D eigenvalue weighted by atomic mass is 16.6. The Hall–Kier alpha value is -2.83. The number of aromatic nitrogens is 1. The summed E-state index contributed by atoms with van der Waals surface area (Å²) in [5, 5.41) is 13.7. The average molecular weight is 274 g/mol. The van der Waals surface area contributed by atoms with Crippen molar-refractivity contribution in [2.75, 3.05) is 17.7 Å². The number of nitrogens with one attached hydrogen (secondary N) is 1. The molecule has 0 saturated carbocycles. The van der Waals surface area contributed by atoms with Gasteiger partial charge >= 0.3 is 0 Å². The Morgan fingerprint density at radius 3 is 2.65 bits per heavy atom. The number of anilines is 3. The number of nitrogen functional groups attached to an aromatic ring is 1. The number of nitrogens with two attached hydrogens (primary N) is 1. The Balaban J connectivity index is 2.13. The van der Waals surface area contributed by atoms with Crippen LogP contribution in [0, 0.1) is 10.1 Å². The number of nitro benzene ring substituents is 1. The van der Waals surface area contributed by atoms with E-state index >= 15 is 0 Å². The molecule has 2 aromatic rings. The Morgan fingerprint density at radius 2 is 2.10 bits per heavy atom. The van der Waals surface area contributed by atoms with Gasteiger partial charge in [-0.3, -0.25) is 10.1 Å². The number of ether oxygens (including phenoxy) is 1. The van der Waals surface area contributed by atoms with E-state index in [0.29, 0.717) is 18.2 Å². The molecular formula is C13H14N4O3. The molecule has 1 aromatic heterocycles. The molecule has 20 heavy (non-hydrogen) atoms. The maximum Gasteiger partial charge on any atom is 0.292 e. The lowest BCUT2D eigenvalue weighted by Crippen LogP contribution is -1.98. The molecule has 7 heteroatoms. The SMILES string of the molecule is CCOc1ccc(Nc2ccc([N+](=O)[O-])c(N)c2)cn1. The van der Waals surface area contributed by atoms with Crippen molar-refractivity contribution >= 4 is 22.7 Å². The first-order valence-corrected chi connectivity index (χ1v) is 6.00. The summed E-state index contributed by atoms with van der Waals surface area (Å²) in [4.78, 5) is 14.3. The quantitative estimate of drug-likeness (QED) is 0.493. The summed E-state index contributed by atoms with van der Waals surface area (Å²) in [6.07, 6.45) is 1.61. The first-order valence-electron chi connectivity index (χ1n) is 6.00. The summed E-state index contributed by atoms with van der Waals surface area (Å²) in [6, 6.07) is 8.00. The highest BCUT2D eigenvalue weighted by Crippen LogP contribution is 2.26. The van der Waals surface area contributed by atoms with Gasteiger partial charge in [0, 0.05) is 17.8 Å². The number of pyridine rings is 1. The van der Waals surface area contributed by atoms with Crippen molar-refractivity contribution in [3.63, 3.8) is 0 Å². The molecule has 7 nitrogen and oxygen atoms in total. The monoisotopic (exact) mass is 274 g/mol. The lowest BCUT2D eigenvalue weighted by molar-refractivity contribution is -0.383. The van der Waals surface area contributed by atoms with E-state index in [0.717, 1.165) is 5.69 Å². The van der Waals surface area contributed by atoms with E-state index in [1.165, 1.54) is 12.1 Å². The molecule has 104 valence electrons. The van der Waals surface area contributed by atoms with Crippen molar-refractivity contribution in [2.24, 2.45) is 0 Å². The molecule has 0 aliphatic carbocycles. The summed E-state index contributed by atoms with van der Waals surface area (Å²) in [5.74, 6) is 0.543. The van der Waals surface area contributed by atoms with Gasteiger partial charge in [-0.05, 0) is 25.1 Å². The molecule has 0 saturated heterocycles. The Morgan fingerprint density at radius 1 is 1.35 bits per heavy atom. The number of nitrogens with zero attached hydrogens (tertiary/aromatic N) is 2. The molecular weight excluding hydrogens is 260 g/mol. The second-order valence-corrected chi connectivity index (χ2v) is 3.97. The smallest absolute Gasteiger partial charge is 0.292 e. The molecule has 0 fully saturated rings. The molecule has 0 bridgehead atoms. The maximum atomic E-state index is 10.7.